The average Bonchev–Trinajstić information content (AvgIpc) is 2.28. The zero-order chi connectivity index (χ0) is 13.1. The summed E-state index contributed by atoms with van der Waals surface area (Å²) < 4.78 is 5.11. The van der Waals surface area contributed by atoms with Crippen LogP contribution in [0.5, 0.6) is 0 Å². The zero-order valence-electron chi connectivity index (χ0n) is 10.5. The molecule has 3 N–H and O–H groups in total. The predicted molar refractivity (Wildman–Crippen MR) is 64.0 cm³/mol. The summed E-state index contributed by atoms with van der Waals surface area (Å²) in [6.07, 6.45) is 1.86. The minimum Gasteiger partial charge on any atom is -0.480 e. The third kappa shape index (κ3) is 8.50. The Hall–Kier alpha value is -1.30. The molecule has 2 amide bonds. The molecule has 0 aromatic rings. The van der Waals surface area contributed by atoms with Crippen LogP contribution in [0.2, 0.25) is 0 Å². The summed E-state index contributed by atoms with van der Waals surface area (Å²) in [6.45, 7) is 5.50. The maximum atomic E-state index is 11.3. The summed E-state index contributed by atoms with van der Waals surface area (Å²) in [7, 11) is 0. The number of carbonyl (C=O) groups is 2. The van der Waals surface area contributed by atoms with Crippen LogP contribution >= 0.6 is 0 Å². The van der Waals surface area contributed by atoms with Crippen LogP contribution in [0.3, 0.4) is 0 Å². The second-order valence-corrected chi connectivity index (χ2v) is 3.63. The topological polar surface area (TPSA) is 87.7 Å². The Morgan fingerprint density at radius 2 is 2.06 bits per heavy atom. The van der Waals surface area contributed by atoms with Gasteiger partial charge in [-0.25, -0.2) is 9.59 Å². The number of urea groups is 1. The minimum atomic E-state index is -1.00. The highest BCUT2D eigenvalue weighted by Gasteiger charge is 2.17. The Morgan fingerprint density at radius 1 is 1.35 bits per heavy atom. The number of carboxylic acid groups (broad SMARTS) is 1. The van der Waals surface area contributed by atoms with Crippen LogP contribution in [-0.4, -0.2) is 42.9 Å². The number of amides is 2. The number of hydrogen-bond acceptors (Lipinski definition) is 3. The van der Waals surface area contributed by atoms with Crippen molar-refractivity contribution < 1.29 is 19.4 Å². The molecule has 0 aliphatic heterocycles. The first-order valence-corrected chi connectivity index (χ1v) is 5.96. The van der Waals surface area contributed by atoms with Gasteiger partial charge < -0.3 is 20.5 Å². The molecule has 0 spiro atoms. The first-order valence-electron chi connectivity index (χ1n) is 5.96. The van der Waals surface area contributed by atoms with Crippen molar-refractivity contribution in [2.75, 3.05) is 19.8 Å². The summed E-state index contributed by atoms with van der Waals surface area (Å²) in [5, 5.41) is 13.8. The fourth-order valence-electron chi connectivity index (χ4n) is 1.28. The molecule has 0 saturated carbocycles. The van der Waals surface area contributed by atoms with Crippen molar-refractivity contribution >= 4 is 12.0 Å². The molecule has 0 saturated heterocycles. The van der Waals surface area contributed by atoms with Crippen molar-refractivity contribution in [2.45, 2.75) is 39.2 Å². The van der Waals surface area contributed by atoms with Gasteiger partial charge in [-0.3, -0.25) is 0 Å². The number of nitrogens with one attached hydrogen (secondary N) is 2. The molecule has 0 bridgehead atoms. The summed E-state index contributed by atoms with van der Waals surface area (Å²) in [5.41, 5.74) is 0. The van der Waals surface area contributed by atoms with E-state index in [1.54, 1.807) is 0 Å². The average molecular weight is 246 g/mol. The van der Waals surface area contributed by atoms with Crippen LogP contribution in [0.1, 0.15) is 33.1 Å². The van der Waals surface area contributed by atoms with Crippen LogP contribution in [0.25, 0.3) is 0 Å². The second-order valence-electron chi connectivity index (χ2n) is 3.63. The highest BCUT2D eigenvalue weighted by molar-refractivity contribution is 5.82. The third-order valence-electron chi connectivity index (χ3n) is 2.14. The number of carbonyl (C=O) groups excluding carboxylic acids is 1. The Labute approximate surface area is 102 Å². The fraction of sp³-hybridized carbons (Fsp3) is 0.818. The molecule has 1 atom stereocenters. The largest absolute Gasteiger partial charge is 0.480 e. The molecule has 100 valence electrons. The van der Waals surface area contributed by atoms with Gasteiger partial charge in [-0.2, -0.15) is 0 Å². The number of rotatable bonds is 9. The molecule has 0 aliphatic rings. The molecule has 17 heavy (non-hydrogen) atoms. The Balaban J connectivity index is 3.71. The van der Waals surface area contributed by atoms with Gasteiger partial charge in [0, 0.05) is 19.8 Å². The summed E-state index contributed by atoms with van der Waals surface area (Å²) >= 11 is 0. The molecule has 0 aliphatic carbocycles. The van der Waals surface area contributed by atoms with E-state index in [0.717, 1.165) is 0 Å². The normalized spacial score (nSPS) is 11.9. The van der Waals surface area contributed by atoms with E-state index in [1.807, 2.05) is 13.8 Å². The van der Waals surface area contributed by atoms with E-state index in [1.165, 1.54) is 0 Å². The molecule has 0 unspecified atom stereocenters. The lowest BCUT2D eigenvalue weighted by Gasteiger charge is -2.14. The van der Waals surface area contributed by atoms with Crippen LogP contribution < -0.4 is 10.6 Å². The maximum absolute atomic E-state index is 11.3. The standard InChI is InChI=1S/C11H22N2O4/c1-3-6-9(10(14)15)13-11(16)12-7-5-8-17-4-2/h9H,3-8H2,1-2H3,(H,14,15)(H2,12,13,16)/t9-/m0/s1. The lowest BCUT2D eigenvalue weighted by Crippen LogP contribution is -2.46. The predicted octanol–water partition coefficient (Wildman–Crippen LogP) is 0.965. The van der Waals surface area contributed by atoms with Crippen molar-refractivity contribution in [2.24, 2.45) is 0 Å². The second kappa shape index (κ2) is 9.89. The summed E-state index contributed by atoms with van der Waals surface area (Å²) in [6, 6.07) is -1.26. The van der Waals surface area contributed by atoms with Gasteiger partial charge in [-0.1, -0.05) is 13.3 Å². The monoisotopic (exact) mass is 246 g/mol. The first kappa shape index (κ1) is 15.7. The Bertz CT molecular complexity index is 234. The van der Waals surface area contributed by atoms with Crippen LogP contribution in [-0.2, 0) is 9.53 Å². The highest BCUT2D eigenvalue weighted by atomic mass is 16.5. The molecule has 0 aromatic heterocycles. The SMILES string of the molecule is CCC[C@H](NC(=O)NCCCOCC)C(=O)O. The third-order valence-corrected chi connectivity index (χ3v) is 2.14. The zero-order valence-corrected chi connectivity index (χ0v) is 10.5. The molecule has 0 heterocycles. The van der Waals surface area contributed by atoms with Gasteiger partial charge in [-0.05, 0) is 19.8 Å². The van der Waals surface area contributed by atoms with E-state index in [0.29, 0.717) is 39.0 Å². The number of aliphatic carboxylic acids is 1. The van der Waals surface area contributed by atoms with Crippen LogP contribution in [0, 0.1) is 0 Å². The number of hydrogen-bond donors (Lipinski definition) is 3. The molecule has 0 fully saturated rings. The van der Waals surface area contributed by atoms with Gasteiger partial charge >= 0.3 is 12.0 Å². The quantitative estimate of drug-likeness (QED) is 0.529. The van der Waals surface area contributed by atoms with E-state index in [-0.39, 0.29) is 0 Å². The number of carboxylic acids is 1. The summed E-state index contributed by atoms with van der Waals surface area (Å²) in [4.78, 5) is 22.1. The van der Waals surface area contributed by atoms with E-state index in [9.17, 15) is 9.59 Å². The van der Waals surface area contributed by atoms with E-state index >= 15 is 0 Å². The van der Waals surface area contributed by atoms with E-state index in [2.05, 4.69) is 10.6 Å². The van der Waals surface area contributed by atoms with Crippen molar-refractivity contribution in [3.63, 3.8) is 0 Å². The highest BCUT2D eigenvalue weighted by Crippen LogP contribution is 1.96. The lowest BCUT2D eigenvalue weighted by molar-refractivity contribution is -0.139. The van der Waals surface area contributed by atoms with Crippen molar-refractivity contribution in [3.8, 4) is 0 Å². The summed E-state index contributed by atoms with van der Waals surface area (Å²) in [5.74, 6) is -1.00. The van der Waals surface area contributed by atoms with Crippen LogP contribution in [0.15, 0.2) is 0 Å². The fourth-order valence-corrected chi connectivity index (χ4v) is 1.28. The smallest absolute Gasteiger partial charge is 0.326 e. The molecular weight excluding hydrogens is 224 g/mol. The molecular formula is C11H22N2O4. The molecule has 0 radical (unpaired) electrons. The van der Waals surface area contributed by atoms with E-state index in [4.69, 9.17) is 9.84 Å². The molecule has 6 nitrogen and oxygen atoms in total. The van der Waals surface area contributed by atoms with E-state index < -0.39 is 18.0 Å². The molecule has 6 heteroatoms. The lowest BCUT2D eigenvalue weighted by atomic mass is 10.2. The van der Waals surface area contributed by atoms with Gasteiger partial charge in [0.25, 0.3) is 0 Å². The van der Waals surface area contributed by atoms with Gasteiger partial charge in [-0.15, -0.1) is 0 Å². The van der Waals surface area contributed by atoms with Crippen LogP contribution in [0.4, 0.5) is 4.79 Å². The number of ether oxygens (including phenoxy) is 1. The first-order chi connectivity index (χ1) is 8.11. The van der Waals surface area contributed by atoms with Gasteiger partial charge in [0.15, 0.2) is 0 Å². The van der Waals surface area contributed by atoms with Gasteiger partial charge in [0.1, 0.15) is 6.04 Å². The van der Waals surface area contributed by atoms with Gasteiger partial charge in [0.2, 0.25) is 0 Å². The Morgan fingerprint density at radius 3 is 2.59 bits per heavy atom. The van der Waals surface area contributed by atoms with Crippen molar-refractivity contribution in [1.82, 2.24) is 10.6 Å². The maximum Gasteiger partial charge on any atom is 0.326 e. The molecule has 0 aromatic carbocycles. The minimum absolute atomic E-state index is 0.432. The Kier molecular flexibility index (Phi) is 9.14. The van der Waals surface area contributed by atoms with Crippen molar-refractivity contribution in [3.05, 3.63) is 0 Å². The molecule has 0 rings (SSSR count). The van der Waals surface area contributed by atoms with Gasteiger partial charge in [0.05, 0.1) is 0 Å². The van der Waals surface area contributed by atoms with Crippen molar-refractivity contribution in [1.29, 1.82) is 0 Å².